The third-order valence-electron chi connectivity index (χ3n) is 2.56. The molecule has 0 saturated heterocycles. The largest absolute Gasteiger partial charge is 0.390 e. The monoisotopic (exact) mass is 289 g/mol. The van der Waals surface area contributed by atoms with Gasteiger partial charge in [-0.05, 0) is 24.7 Å². The number of aliphatic hydroxyl groups is 1. The molecule has 0 atom stereocenters. The highest BCUT2D eigenvalue weighted by Crippen LogP contribution is 2.20. The van der Waals surface area contributed by atoms with Gasteiger partial charge in [0, 0.05) is 13.1 Å². The highest BCUT2D eigenvalue weighted by atomic mass is 19.4. The highest BCUT2D eigenvalue weighted by molar-refractivity contribution is 5.38. The quantitative estimate of drug-likeness (QED) is 0.680. The average molecular weight is 289 g/mol. The fourth-order valence-electron chi connectivity index (χ4n) is 1.61. The van der Waals surface area contributed by atoms with E-state index in [1.54, 1.807) is 7.05 Å². The molecule has 1 aromatic carbocycles. The van der Waals surface area contributed by atoms with Gasteiger partial charge in [-0.25, -0.2) is 4.39 Å². The summed E-state index contributed by atoms with van der Waals surface area (Å²) in [5.41, 5.74) is 0.791. The zero-order chi connectivity index (χ0) is 15.2. The smallest absolute Gasteiger partial charge is 0.384 e. The van der Waals surface area contributed by atoms with Crippen LogP contribution >= 0.6 is 0 Å². The first-order valence-corrected chi connectivity index (χ1v) is 5.95. The summed E-state index contributed by atoms with van der Waals surface area (Å²) < 4.78 is 49.7. The van der Waals surface area contributed by atoms with Gasteiger partial charge in [0.2, 0.25) is 0 Å². The first-order valence-electron chi connectivity index (χ1n) is 5.95. The van der Waals surface area contributed by atoms with Gasteiger partial charge < -0.3 is 10.0 Å². The summed E-state index contributed by atoms with van der Waals surface area (Å²) in [7, 11) is 1.56. The predicted octanol–water partition coefficient (Wildman–Crippen LogP) is 2.55. The second kappa shape index (κ2) is 7.27. The molecule has 0 bridgehead atoms. The minimum Gasteiger partial charge on any atom is -0.384 e. The maximum Gasteiger partial charge on any atom is 0.390 e. The molecular formula is C14H15F4NO. The van der Waals surface area contributed by atoms with Crippen molar-refractivity contribution in [2.45, 2.75) is 19.1 Å². The second-order valence-corrected chi connectivity index (χ2v) is 4.38. The summed E-state index contributed by atoms with van der Waals surface area (Å²) in [5.74, 6) is 4.27. The van der Waals surface area contributed by atoms with E-state index in [0.29, 0.717) is 5.56 Å². The molecule has 20 heavy (non-hydrogen) atoms. The zero-order valence-corrected chi connectivity index (χ0v) is 11.0. The van der Waals surface area contributed by atoms with Gasteiger partial charge in [0.1, 0.15) is 12.4 Å². The number of alkyl halides is 3. The van der Waals surface area contributed by atoms with Crippen molar-refractivity contribution >= 4 is 0 Å². The SMILES string of the molecule is CN(CCC(F)(F)F)Cc1ccc(F)c(C#CCO)c1. The minimum atomic E-state index is -4.19. The van der Waals surface area contributed by atoms with Gasteiger partial charge in [-0.15, -0.1) is 0 Å². The first kappa shape index (κ1) is 16.5. The van der Waals surface area contributed by atoms with E-state index in [2.05, 4.69) is 11.8 Å². The molecule has 0 aliphatic carbocycles. The highest BCUT2D eigenvalue weighted by Gasteiger charge is 2.27. The van der Waals surface area contributed by atoms with Crippen LogP contribution in [0.1, 0.15) is 17.5 Å². The van der Waals surface area contributed by atoms with E-state index in [-0.39, 0.29) is 25.3 Å². The molecule has 0 radical (unpaired) electrons. The Labute approximate surface area is 115 Å². The number of nitrogens with zero attached hydrogens (tertiary/aromatic N) is 1. The number of aliphatic hydroxyl groups excluding tert-OH is 1. The summed E-state index contributed by atoms with van der Waals surface area (Å²) in [6, 6.07) is 4.19. The lowest BCUT2D eigenvalue weighted by Crippen LogP contribution is -2.24. The van der Waals surface area contributed by atoms with Crippen molar-refractivity contribution in [3.63, 3.8) is 0 Å². The Morgan fingerprint density at radius 2 is 2.00 bits per heavy atom. The molecular weight excluding hydrogens is 274 g/mol. The van der Waals surface area contributed by atoms with E-state index in [1.807, 2.05) is 0 Å². The Kier molecular flexibility index (Phi) is 5.99. The van der Waals surface area contributed by atoms with Gasteiger partial charge in [0.25, 0.3) is 0 Å². The van der Waals surface area contributed by atoms with Gasteiger partial charge in [-0.3, -0.25) is 0 Å². The maximum atomic E-state index is 13.4. The van der Waals surface area contributed by atoms with E-state index in [4.69, 9.17) is 5.11 Å². The van der Waals surface area contributed by atoms with Gasteiger partial charge >= 0.3 is 6.18 Å². The van der Waals surface area contributed by atoms with Crippen LogP contribution in [0.3, 0.4) is 0 Å². The van der Waals surface area contributed by atoms with E-state index in [0.717, 1.165) is 0 Å². The van der Waals surface area contributed by atoms with Crippen molar-refractivity contribution in [1.29, 1.82) is 0 Å². The Bertz CT molecular complexity index is 502. The summed E-state index contributed by atoms with van der Waals surface area (Å²) in [6.45, 7) is -0.238. The summed E-state index contributed by atoms with van der Waals surface area (Å²) in [6.07, 6.45) is -5.07. The first-order chi connectivity index (χ1) is 9.31. The number of rotatable bonds is 4. The third-order valence-corrected chi connectivity index (χ3v) is 2.56. The Hall–Kier alpha value is -1.58. The van der Waals surface area contributed by atoms with Crippen molar-refractivity contribution in [3.05, 3.63) is 35.1 Å². The molecule has 0 amide bonds. The Morgan fingerprint density at radius 1 is 1.30 bits per heavy atom. The Balaban J connectivity index is 2.68. The molecule has 2 nitrogen and oxygen atoms in total. The van der Waals surface area contributed by atoms with E-state index >= 15 is 0 Å². The molecule has 1 aromatic rings. The number of hydrogen-bond donors (Lipinski definition) is 1. The van der Waals surface area contributed by atoms with Crippen molar-refractivity contribution in [1.82, 2.24) is 4.90 Å². The summed E-state index contributed by atoms with van der Waals surface area (Å²) in [4.78, 5) is 1.50. The Morgan fingerprint density at radius 3 is 2.60 bits per heavy atom. The molecule has 6 heteroatoms. The van der Waals surface area contributed by atoms with Crippen molar-refractivity contribution in [2.24, 2.45) is 0 Å². The molecule has 0 aromatic heterocycles. The topological polar surface area (TPSA) is 23.5 Å². The standard InChI is InChI=1S/C14H15F4NO/c1-19(7-6-14(16,17)18)10-11-4-5-13(15)12(9-11)3-2-8-20/h4-5,9,20H,6-8,10H2,1H3. The second-order valence-electron chi connectivity index (χ2n) is 4.38. The van der Waals surface area contributed by atoms with Gasteiger partial charge in [0.15, 0.2) is 0 Å². The van der Waals surface area contributed by atoms with Crippen LogP contribution in [-0.2, 0) is 6.54 Å². The molecule has 0 heterocycles. The molecule has 1 N–H and O–H groups in total. The van der Waals surface area contributed by atoms with Crippen LogP contribution in [0.25, 0.3) is 0 Å². The van der Waals surface area contributed by atoms with Crippen LogP contribution < -0.4 is 0 Å². The van der Waals surface area contributed by atoms with Crippen molar-refractivity contribution in [3.8, 4) is 11.8 Å². The fourth-order valence-corrected chi connectivity index (χ4v) is 1.61. The summed E-state index contributed by atoms with van der Waals surface area (Å²) >= 11 is 0. The van der Waals surface area contributed by atoms with Gasteiger partial charge in [0.05, 0.1) is 12.0 Å². The summed E-state index contributed by atoms with van der Waals surface area (Å²) in [5, 5.41) is 8.57. The molecule has 1 rings (SSSR count). The lowest BCUT2D eigenvalue weighted by molar-refractivity contribution is -0.137. The lowest BCUT2D eigenvalue weighted by atomic mass is 10.1. The van der Waals surface area contributed by atoms with Gasteiger partial charge in [-0.2, -0.15) is 13.2 Å². The van der Waals surface area contributed by atoms with E-state index < -0.39 is 18.4 Å². The predicted molar refractivity (Wildman–Crippen MR) is 67.4 cm³/mol. The van der Waals surface area contributed by atoms with Crippen LogP contribution in [0.4, 0.5) is 17.6 Å². The lowest BCUT2D eigenvalue weighted by Gasteiger charge is -2.17. The molecule has 0 spiro atoms. The van der Waals surface area contributed by atoms with Crippen LogP contribution in [0.15, 0.2) is 18.2 Å². The zero-order valence-electron chi connectivity index (χ0n) is 11.0. The number of benzene rings is 1. The molecule has 0 unspecified atom stereocenters. The fraction of sp³-hybridized carbons (Fsp3) is 0.429. The molecule has 0 aliphatic heterocycles. The van der Waals surface area contributed by atoms with Crippen LogP contribution in [0.2, 0.25) is 0 Å². The van der Waals surface area contributed by atoms with E-state index in [9.17, 15) is 17.6 Å². The average Bonchev–Trinajstić information content (AvgIpc) is 2.36. The van der Waals surface area contributed by atoms with Crippen LogP contribution in [0, 0.1) is 17.7 Å². The van der Waals surface area contributed by atoms with E-state index in [1.165, 1.54) is 23.1 Å². The molecule has 0 fully saturated rings. The number of halogens is 4. The van der Waals surface area contributed by atoms with Crippen molar-refractivity contribution in [2.75, 3.05) is 20.2 Å². The van der Waals surface area contributed by atoms with Crippen LogP contribution in [-0.4, -0.2) is 36.4 Å². The minimum absolute atomic E-state index is 0.126. The number of hydrogen-bond acceptors (Lipinski definition) is 2. The van der Waals surface area contributed by atoms with Crippen molar-refractivity contribution < 1.29 is 22.7 Å². The molecule has 110 valence electrons. The van der Waals surface area contributed by atoms with Crippen LogP contribution in [0.5, 0.6) is 0 Å². The molecule has 0 aliphatic rings. The third kappa shape index (κ3) is 6.04. The normalized spacial score (nSPS) is 11.3. The van der Waals surface area contributed by atoms with Gasteiger partial charge in [-0.1, -0.05) is 17.9 Å². The maximum absolute atomic E-state index is 13.4. The molecule has 0 saturated carbocycles.